The zero-order chi connectivity index (χ0) is 18.8. The van der Waals surface area contributed by atoms with E-state index in [0.717, 1.165) is 19.4 Å². The van der Waals surface area contributed by atoms with Crippen LogP contribution in [0.5, 0.6) is 0 Å². The molecule has 0 saturated carbocycles. The summed E-state index contributed by atoms with van der Waals surface area (Å²) in [4.78, 5) is 27.5. The van der Waals surface area contributed by atoms with Crippen LogP contribution in [0.4, 0.5) is 5.82 Å². The maximum atomic E-state index is 12.3. The number of H-pyrrole nitrogens is 1. The highest BCUT2D eigenvalue weighted by atomic mass is 16.5. The first-order valence-electron chi connectivity index (χ1n) is 9.04. The molecule has 2 aromatic rings. The van der Waals surface area contributed by atoms with Crippen LogP contribution in [-0.4, -0.2) is 79.7 Å². The van der Waals surface area contributed by atoms with Crippen LogP contribution in [0.3, 0.4) is 0 Å². The van der Waals surface area contributed by atoms with Gasteiger partial charge in [-0.2, -0.15) is 0 Å². The maximum absolute atomic E-state index is 12.3. The minimum atomic E-state index is -0.900. The lowest BCUT2D eigenvalue weighted by molar-refractivity contribution is -0.143. The summed E-state index contributed by atoms with van der Waals surface area (Å²) in [5, 5.41) is 29.3. The molecule has 2 aliphatic rings. The molecule has 0 radical (unpaired) electrons. The lowest BCUT2D eigenvalue weighted by atomic mass is 9.98. The van der Waals surface area contributed by atoms with Gasteiger partial charge in [-0.25, -0.2) is 15.0 Å². The van der Waals surface area contributed by atoms with Crippen LogP contribution in [0.15, 0.2) is 12.7 Å². The molecule has 2 aliphatic heterocycles. The van der Waals surface area contributed by atoms with Crippen LogP contribution in [0, 0.1) is 0 Å². The van der Waals surface area contributed by atoms with Gasteiger partial charge in [-0.05, 0) is 19.4 Å². The summed E-state index contributed by atoms with van der Waals surface area (Å²) < 4.78 is 5.81. The van der Waals surface area contributed by atoms with E-state index in [1.807, 2.05) is 0 Å². The molecule has 146 valence electrons. The third kappa shape index (κ3) is 3.72. The summed E-state index contributed by atoms with van der Waals surface area (Å²) in [5.41, 5.74) is 1.09. The molecule has 11 heteroatoms. The molecular formula is C16H23N7O4. The highest BCUT2D eigenvalue weighted by Crippen LogP contribution is 2.24. The molecule has 0 bridgehead atoms. The highest BCUT2D eigenvalue weighted by Gasteiger charge is 2.39. The van der Waals surface area contributed by atoms with Gasteiger partial charge in [-0.3, -0.25) is 4.79 Å². The van der Waals surface area contributed by atoms with E-state index in [4.69, 9.17) is 4.74 Å². The van der Waals surface area contributed by atoms with E-state index >= 15 is 0 Å². The van der Waals surface area contributed by atoms with E-state index in [9.17, 15) is 15.0 Å². The van der Waals surface area contributed by atoms with E-state index in [1.54, 1.807) is 0 Å². The normalized spacial score (nSPS) is 31.1. The number of carbonyl (C=O) groups excluding carboxylic acids is 1. The van der Waals surface area contributed by atoms with Gasteiger partial charge in [-0.15, -0.1) is 0 Å². The summed E-state index contributed by atoms with van der Waals surface area (Å²) in [6.45, 7) is 0.537. The zero-order valence-corrected chi connectivity index (χ0v) is 14.6. The number of aromatic nitrogens is 4. The first-order valence-corrected chi connectivity index (χ1v) is 9.04. The van der Waals surface area contributed by atoms with Crippen molar-refractivity contribution in [3.05, 3.63) is 12.7 Å². The fraction of sp³-hybridized carbons (Fsp3) is 0.625. The fourth-order valence-corrected chi connectivity index (χ4v) is 3.56. The third-order valence-electron chi connectivity index (χ3n) is 5.00. The number of anilines is 1. The van der Waals surface area contributed by atoms with E-state index < -0.39 is 24.5 Å². The van der Waals surface area contributed by atoms with Gasteiger partial charge < -0.3 is 35.9 Å². The lowest BCUT2D eigenvalue weighted by Crippen LogP contribution is -2.59. The Balaban J connectivity index is 1.43. The quantitative estimate of drug-likeness (QED) is 0.364. The Bertz CT molecular complexity index is 794. The number of hydrogen-bond donors (Lipinski definition) is 6. The molecule has 11 nitrogen and oxygen atoms in total. The van der Waals surface area contributed by atoms with Gasteiger partial charge in [0.25, 0.3) is 0 Å². The number of amides is 1. The van der Waals surface area contributed by atoms with Gasteiger partial charge in [0.15, 0.2) is 17.7 Å². The second kappa shape index (κ2) is 7.72. The predicted molar refractivity (Wildman–Crippen MR) is 94.6 cm³/mol. The van der Waals surface area contributed by atoms with Crippen molar-refractivity contribution in [2.45, 2.75) is 49.8 Å². The number of nitrogens with one attached hydrogen (secondary N) is 4. The van der Waals surface area contributed by atoms with Crippen LogP contribution in [0.1, 0.15) is 19.3 Å². The number of carbonyl (C=O) groups is 1. The van der Waals surface area contributed by atoms with Crippen LogP contribution in [0.25, 0.3) is 11.2 Å². The van der Waals surface area contributed by atoms with E-state index in [2.05, 4.69) is 35.9 Å². The van der Waals surface area contributed by atoms with Gasteiger partial charge >= 0.3 is 0 Å². The van der Waals surface area contributed by atoms with Crippen molar-refractivity contribution in [3.63, 3.8) is 0 Å². The van der Waals surface area contributed by atoms with Gasteiger partial charge in [0.2, 0.25) is 5.91 Å². The van der Waals surface area contributed by atoms with E-state index in [0.29, 0.717) is 17.0 Å². The van der Waals surface area contributed by atoms with Crippen molar-refractivity contribution in [1.82, 2.24) is 30.6 Å². The summed E-state index contributed by atoms with van der Waals surface area (Å²) >= 11 is 0. The molecular weight excluding hydrogens is 354 g/mol. The topological polar surface area (TPSA) is 157 Å². The number of fused-ring (bicyclic) bond motifs is 1. The fourth-order valence-electron chi connectivity index (χ4n) is 3.56. The highest BCUT2D eigenvalue weighted by molar-refractivity contribution is 5.83. The molecule has 2 saturated heterocycles. The first kappa shape index (κ1) is 18.0. The molecule has 2 aromatic heterocycles. The number of aromatic amines is 1. The first-order chi connectivity index (χ1) is 13.2. The molecule has 5 atom stereocenters. The maximum Gasteiger partial charge on any atom is 0.237 e. The van der Waals surface area contributed by atoms with Gasteiger partial charge in [-0.1, -0.05) is 0 Å². The standard InChI is InChI=1S/C16H23N7O4/c24-5-11-9(22-15(26)8-2-1-3-17-8)4-10(25)16(27-11)23-14-12-13(19-6-18-12)20-7-21-14/h6-11,16-17,24-25H,1-5H2,(H,22,26)(H2,18,19,20,21,23)/t8-,9+,10-,11-,16-/m0/s1. The molecule has 1 amide bonds. The second-order valence-corrected chi connectivity index (χ2v) is 6.81. The Labute approximate surface area is 154 Å². The summed E-state index contributed by atoms with van der Waals surface area (Å²) in [6, 6.07) is -0.706. The minimum absolute atomic E-state index is 0.131. The smallest absolute Gasteiger partial charge is 0.237 e. The molecule has 0 unspecified atom stereocenters. The molecule has 6 N–H and O–H groups in total. The molecule has 2 fully saturated rings. The number of imidazole rings is 1. The minimum Gasteiger partial charge on any atom is -0.394 e. The Kier molecular flexibility index (Phi) is 5.16. The third-order valence-corrected chi connectivity index (χ3v) is 5.00. The Morgan fingerprint density at radius 2 is 2.26 bits per heavy atom. The summed E-state index contributed by atoms with van der Waals surface area (Å²) in [5.74, 6) is 0.309. The zero-order valence-electron chi connectivity index (χ0n) is 14.6. The number of ether oxygens (including phenoxy) is 1. The van der Waals surface area contributed by atoms with Crippen LogP contribution in [0.2, 0.25) is 0 Å². The van der Waals surface area contributed by atoms with Crippen molar-refractivity contribution in [2.75, 3.05) is 18.5 Å². The van der Waals surface area contributed by atoms with Crippen LogP contribution >= 0.6 is 0 Å². The van der Waals surface area contributed by atoms with Crippen molar-refractivity contribution < 1.29 is 19.7 Å². The van der Waals surface area contributed by atoms with E-state index in [-0.39, 0.29) is 25.0 Å². The number of aliphatic hydroxyl groups is 2. The molecule has 0 aliphatic carbocycles. The molecule has 4 rings (SSSR count). The number of nitrogens with zero attached hydrogens (tertiary/aromatic N) is 3. The second-order valence-electron chi connectivity index (χ2n) is 6.81. The molecule has 27 heavy (non-hydrogen) atoms. The van der Waals surface area contributed by atoms with Crippen molar-refractivity contribution in [3.8, 4) is 0 Å². The summed E-state index contributed by atoms with van der Waals surface area (Å²) in [6.07, 6.45) is 2.52. The van der Waals surface area contributed by atoms with Crippen molar-refractivity contribution in [2.24, 2.45) is 0 Å². The lowest BCUT2D eigenvalue weighted by Gasteiger charge is -2.39. The van der Waals surface area contributed by atoms with Gasteiger partial charge in [0.1, 0.15) is 24.1 Å². The Morgan fingerprint density at radius 3 is 3.04 bits per heavy atom. The largest absolute Gasteiger partial charge is 0.394 e. The van der Waals surface area contributed by atoms with Gasteiger partial charge in [0, 0.05) is 6.42 Å². The molecule has 0 aromatic carbocycles. The average molecular weight is 377 g/mol. The van der Waals surface area contributed by atoms with Crippen LogP contribution in [-0.2, 0) is 9.53 Å². The predicted octanol–water partition coefficient (Wildman–Crippen LogP) is -1.53. The number of aliphatic hydroxyl groups excluding tert-OH is 2. The number of hydrogen-bond acceptors (Lipinski definition) is 9. The van der Waals surface area contributed by atoms with Crippen molar-refractivity contribution >= 4 is 22.9 Å². The number of rotatable bonds is 5. The summed E-state index contributed by atoms with van der Waals surface area (Å²) in [7, 11) is 0. The van der Waals surface area contributed by atoms with Crippen LogP contribution < -0.4 is 16.0 Å². The molecule has 0 spiro atoms. The molecule has 4 heterocycles. The Morgan fingerprint density at radius 1 is 1.37 bits per heavy atom. The average Bonchev–Trinajstić information content (AvgIpc) is 3.35. The Hall–Kier alpha value is -2.34. The van der Waals surface area contributed by atoms with E-state index in [1.165, 1.54) is 12.7 Å². The SMILES string of the molecule is O=C(N[C@@H]1C[C@H](O)[C@@H](Nc2ncnc3nc[nH]c23)O[C@H]1CO)[C@@H]1CCCN1. The van der Waals surface area contributed by atoms with Crippen molar-refractivity contribution in [1.29, 1.82) is 0 Å². The van der Waals surface area contributed by atoms with Gasteiger partial charge in [0.05, 0.1) is 25.0 Å². The monoisotopic (exact) mass is 377 g/mol.